The molecule has 0 heterocycles. The zero-order valence-corrected chi connectivity index (χ0v) is 11.6. The molecule has 0 atom stereocenters. The van der Waals surface area contributed by atoms with Gasteiger partial charge in [-0.3, -0.25) is 25.8 Å². The van der Waals surface area contributed by atoms with E-state index in [2.05, 4.69) is 39.5 Å². The number of hydrogen-bond acceptors (Lipinski definition) is 0. The second kappa shape index (κ2) is 32.9. The number of halogens is 3. The summed E-state index contributed by atoms with van der Waals surface area (Å²) in [5, 5.41) is 0. The Kier molecular flexibility index (Phi) is 70.2. The minimum atomic E-state index is 0.0417. The molecule has 0 aromatic rings. The molecule has 0 aromatic carbocycles. The Bertz CT molecular complexity index is 16.5. The SMILES string of the molecule is C[CH]C.[Br][Mg][Br].[Li][Br]. The van der Waals surface area contributed by atoms with Crippen molar-refractivity contribution in [2.75, 3.05) is 0 Å². The van der Waals surface area contributed by atoms with Crippen molar-refractivity contribution in [2.24, 2.45) is 0 Å². The van der Waals surface area contributed by atoms with Crippen molar-refractivity contribution in [2.45, 2.75) is 13.8 Å². The quantitative estimate of drug-likeness (QED) is 0.603. The van der Waals surface area contributed by atoms with E-state index in [4.69, 9.17) is 0 Å². The van der Waals surface area contributed by atoms with E-state index < -0.39 is 0 Å². The molecule has 0 unspecified atom stereocenters. The van der Waals surface area contributed by atoms with Gasteiger partial charge in [0.2, 0.25) is 0 Å². The van der Waals surface area contributed by atoms with Crippen LogP contribution in [0.4, 0.5) is 0 Å². The predicted octanol–water partition coefficient (Wildman–Crippen LogP) is 3.01. The van der Waals surface area contributed by atoms with Crippen molar-refractivity contribution < 1.29 is 0 Å². The summed E-state index contributed by atoms with van der Waals surface area (Å²) in [7, 11) is 0. The molecule has 5 heteroatoms. The molecule has 0 saturated carbocycles. The third kappa shape index (κ3) is 68.2. The Balaban J connectivity index is -0.0000000483. The van der Waals surface area contributed by atoms with Gasteiger partial charge in [-0.25, -0.2) is 0 Å². The Morgan fingerprint density at radius 1 is 1.25 bits per heavy atom. The topological polar surface area (TPSA) is 0 Å². The third-order valence-electron chi connectivity index (χ3n) is 0. The van der Waals surface area contributed by atoms with E-state index in [1.165, 1.54) is 0 Å². The minimum absolute atomic E-state index is 0.0417. The van der Waals surface area contributed by atoms with Gasteiger partial charge in [0.1, 0.15) is 0 Å². The summed E-state index contributed by atoms with van der Waals surface area (Å²) in [4.78, 5) is 0. The van der Waals surface area contributed by atoms with Crippen LogP contribution in [0.25, 0.3) is 0 Å². The fraction of sp³-hybridized carbons (Fsp3) is 0.667. The van der Waals surface area contributed by atoms with Gasteiger partial charge < -0.3 is 0 Å². The van der Waals surface area contributed by atoms with Gasteiger partial charge >= 0.3 is 45.6 Å². The summed E-state index contributed by atoms with van der Waals surface area (Å²) in [5.74, 6) is 0. The van der Waals surface area contributed by atoms with Crippen molar-refractivity contribution in [3.63, 3.8) is 0 Å². The van der Waals surface area contributed by atoms with Gasteiger partial charge in [-0.2, -0.15) is 0 Å². The molecule has 0 aliphatic heterocycles. The Hall–Kier alpha value is 2.80. The summed E-state index contributed by atoms with van der Waals surface area (Å²) >= 11 is 11.2. The van der Waals surface area contributed by atoms with Crippen molar-refractivity contribution in [3.8, 4) is 0 Å². The second-order valence-corrected chi connectivity index (χ2v) is 8.76. The number of hydrogen-bond donors (Lipinski definition) is 0. The van der Waals surface area contributed by atoms with Crippen LogP contribution >= 0.6 is 39.5 Å². The summed E-state index contributed by atoms with van der Waals surface area (Å²) in [6.07, 6.45) is 2.00. The van der Waals surface area contributed by atoms with Crippen LogP contribution in [0.3, 0.4) is 0 Å². The molecule has 0 aliphatic rings. The van der Waals surface area contributed by atoms with Crippen LogP contribution in [0.2, 0.25) is 0 Å². The molecular formula is C3H7Br3LiMg. The monoisotopic (exact) mass is 311 g/mol. The molecule has 0 nitrogen and oxygen atoms in total. The fourth-order valence-corrected chi connectivity index (χ4v) is 0. The molecule has 0 rings (SSSR count). The van der Waals surface area contributed by atoms with Gasteiger partial charge in [0.25, 0.3) is 0 Å². The first-order valence-corrected chi connectivity index (χ1v) is 11.5. The van der Waals surface area contributed by atoms with E-state index in [1.807, 2.05) is 36.1 Å². The van der Waals surface area contributed by atoms with Crippen LogP contribution in [0, 0.1) is 6.42 Å². The first-order chi connectivity index (χ1) is 3.83. The van der Waals surface area contributed by atoms with Crippen molar-refractivity contribution in [3.05, 3.63) is 6.42 Å². The Morgan fingerprint density at radius 2 is 1.25 bits per heavy atom. The van der Waals surface area contributed by atoms with E-state index in [9.17, 15) is 0 Å². The second-order valence-electron chi connectivity index (χ2n) is 0.678. The van der Waals surface area contributed by atoms with E-state index >= 15 is 0 Å². The van der Waals surface area contributed by atoms with Crippen LogP contribution in [0.15, 0.2) is 0 Å². The van der Waals surface area contributed by atoms with Gasteiger partial charge in [0.05, 0.1) is 0 Å². The zero-order valence-electron chi connectivity index (χ0n) is 5.42. The predicted molar refractivity (Wildman–Crippen MR) is 53.9 cm³/mol. The molecular weight excluding hydrogens is 307 g/mol. The molecule has 0 N–H and O–H groups in total. The summed E-state index contributed by atoms with van der Waals surface area (Å²) in [5.41, 5.74) is 0. The van der Waals surface area contributed by atoms with Gasteiger partial charge in [-0.05, 0) is 6.42 Å². The van der Waals surface area contributed by atoms with Crippen LogP contribution in [0.1, 0.15) is 13.8 Å². The van der Waals surface area contributed by atoms with Crippen molar-refractivity contribution >= 4 is 71.3 Å². The third-order valence-corrected chi connectivity index (χ3v) is 0. The zero-order chi connectivity index (χ0) is 7.41. The molecule has 43 valence electrons. The Labute approximate surface area is 90.0 Å². The van der Waals surface area contributed by atoms with Crippen LogP contribution in [-0.2, 0) is 0 Å². The van der Waals surface area contributed by atoms with Crippen LogP contribution in [0.5, 0.6) is 0 Å². The average Bonchev–Trinajstić information content (AvgIpc) is 1.75. The average molecular weight is 314 g/mol. The molecule has 0 fully saturated rings. The van der Waals surface area contributed by atoms with Gasteiger partial charge in [0.15, 0.2) is 0 Å². The molecule has 0 amide bonds. The van der Waals surface area contributed by atoms with Crippen LogP contribution < -0.4 is 0 Å². The molecule has 0 bridgehead atoms. The standard InChI is InChI=1S/C3H7.3BrH.Li.Mg/c1-3-2;;;;;/h3H,1-2H3;3*1H;;/q;;;;+1;+2/p-3. The van der Waals surface area contributed by atoms with E-state index in [0.717, 1.165) is 0 Å². The first kappa shape index (κ1) is 17.1. The molecule has 1 radical (unpaired) electrons. The van der Waals surface area contributed by atoms with Crippen molar-refractivity contribution in [1.82, 2.24) is 0 Å². The maximum absolute atomic E-state index is 3.20. The molecule has 8 heavy (non-hydrogen) atoms. The summed E-state index contributed by atoms with van der Waals surface area (Å²) in [6, 6.07) is 0. The molecule has 0 spiro atoms. The molecule has 0 aliphatic carbocycles. The van der Waals surface area contributed by atoms with Gasteiger partial charge in [-0.15, -0.1) is 0 Å². The van der Waals surface area contributed by atoms with E-state index in [-0.39, 0.29) is 16.0 Å². The molecule has 0 aromatic heterocycles. The van der Waals surface area contributed by atoms with Crippen molar-refractivity contribution in [1.29, 1.82) is 0 Å². The maximum atomic E-state index is 3.20. The van der Waals surface area contributed by atoms with E-state index in [1.54, 1.807) is 0 Å². The van der Waals surface area contributed by atoms with Gasteiger partial charge in [-0.1, -0.05) is 13.8 Å². The number of rotatable bonds is 0. The summed E-state index contributed by atoms with van der Waals surface area (Å²) < 4.78 is 0. The van der Waals surface area contributed by atoms with Crippen LogP contribution in [-0.4, -0.2) is 31.8 Å². The molecule has 0 saturated heterocycles. The normalized spacial score (nSPS) is 4.38. The first-order valence-electron chi connectivity index (χ1n) is 2.07. The summed E-state index contributed by atoms with van der Waals surface area (Å²) in [6.45, 7) is 4.00. The van der Waals surface area contributed by atoms with E-state index in [0.29, 0.717) is 0 Å². The van der Waals surface area contributed by atoms with Gasteiger partial charge in [0, 0.05) is 0 Å². The fourth-order valence-electron chi connectivity index (χ4n) is 0. The Morgan fingerprint density at radius 3 is 1.25 bits per heavy atom.